The predicted octanol–water partition coefficient (Wildman–Crippen LogP) is 3.71. The minimum atomic E-state index is -0.737. The van der Waals surface area contributed by atoms with Crippen molar-refractivity contribution in [2.75, 3.05) is 0 Å². The van der Waals surface area contributed by atoms with Crippen LogP contribution in [-0.4, -0.2) is 10.1 Å². The van der Waals surface area contributed by atoms with Gasteiger partial charge >= 0.3 is 0 Å². The molecular formula is C15H15ClFNO. The first-order chi connectivity index (χ1) is 9.11. The molecule has 0 aliphatic heterocycles. The smallest absolute Gasteiger partial charge is 0.124 e. The lowest BCUT2D eigenvalue weighted by molar-refractivity contribution is 0.172. The van der Waals surface area contributed by atoms with Gasteiger partial charge in [0.25, 0.3) is 0 Å². The fraction of sp³-hybridized carbons (Fsp3) is 0.267. The van der Waals surface area contributed by atoms with Gasteiger partial charge in [0.05, 0.1) is 5.69 Å². The average Bonchev–Trinajstić information content (AvgIpc) is 2.41. The highest BCUT2D eigenvalue weighted by atomic mass is 35.5. The van der Waals surface area contributed by atoms with Crippen molar-refractivity contribution in [1.29, 1.82) is 0 Å². The first-order valence-corrected chi connectivity index (χ1v) is 6.55. The van der Waals surface area contributed by atoms with Crippen LogP contribution in [0.2, 0.25) is 5.02 Å². The molecule has 1 N–H and O–H groups in total. The summed E-state index contributed by atoms with van der Waals surface area (Å²) in [6.07, 6.45) is 2.05. The molecule has 0 saturated heterocycles. The number of aromatic nitrogens is 1. The number of hydrogen-bond donors (Lipinski definition) is 1. The minimum absolute atomic E-state index is 0.323. The van der Waals surface area contributed by atoms with Crippen molar-refractivity contribution in [3.05, 3.63) is 64.2 Å². The second-order valence-electron chi connectivity index (χ2n) is 4.36. The van der Waals surface area contributed by atoms with E-state index in [0.717, 1.165) is 12.0 Å². The topological polar surface area (TPSA) is 33.1 Å². The lowest BCUT2D eigenvalue weighted by Crippen LogP contribution is -2.08. The average molecular weight is 280 g/mol. The van der Waals surface area contributed by atoms with E-state index in [1.165, 1.54) is 12.1 Å². The zero-order valence-corrected chi connectivity index (χ0v) is 11.4. The highest BCUT2D eigenvalue weighted by Gasteiger charge is 2.15. The highest BCUT2D eigenvalue weighted by molar-refractivity contribution is 6.31. The number of pyridine rings is 1. The van der Waals surface area contributed by atoms with Gasteiger partial charge in [0.15, 0.2) is 0 Å². The van der Waals surface area contributed by atoms with E-state index in [1.54, 1.807) is 12.3 Å². The molecule has 0 fully saturated rings. The lowest BCUT2D eigenvalue weighted by Gasteiger charge is -2.14. The molecule has 0 bridgehead atoms. The van der Waals surface area contributed by atoms with Crippen LogP contribution in [0.25, 0.3) is 0 Å². The Bertz CT molecular complexity index is 574. The number of benzene rings is 1. The van der Waals surface area contributed by atoms with Gasteiger partial charge in [0, 0.05) is 17.6 Å². The Morgan fingerprint density at radius 2 is 2.11 bits per heavy atom. The zero-order chi connectivity index (χ0) is 13.8. The zero-order valence-electron chi connectivity index (χ0n) is 10.6. The van der Waals surface area contributed by atoms with Crippen molar-refractivity contribution in [1.82, 2.24) is 4.98 Å². The van der Waals surface area contributed by atoms with Crippen LogP contribution in [0, 0.1) is 5.82 Å². The molecule has 2 nitrogen and oxygen atoms in total. The summed E-state index contributed by atoms with van der Waals surface area (Å²) in [6.45, 7) is 2.01. The molecule has 2 rings (SSSR count). The number of rotatable bonds is 4. The summed E-state index contributed by atoms with van der Waals surface area (Å²) in [7, 11) is 0. The quantitative estimate of drug-likeness (QED) is 0.925. The van der Waals surface area contributed by atoms with Crippen molar-refractivity contribution in [2.24, 2.45) is 0 Å². The van der Waals surface area contributed by atoms with Crippen LogP contribution in [0.3, 0.4) is 0 Å². The molecule has 2 aromatic rings. The molecular weight excluding hydrogens is 265 g/mol. The largest absolute Gasteiger partial charge is 0.386 e. The first kappa shape index (κ1) is 14.0. The Morgan fingerprint density at radius 1 is 1.32 bits per heavy atom. The molecule has 0 saturated carbocycles. The Kier molecular flexibility index (Phi) is 4.51. The third kappa shape index (κ3) is 3.31. The number of aliphatic hydroxyl groups is 1. The van der Waals surface area contributed by atoms with E-state index >= 15 is 0 Å². The van der Waals surface area contributed by atoms with E-state index < -0.39 is 6.10 Å². The normalized spacial score (nSPS) is 12.4. The van der Waals surface area contributed by atoms with Crippen molar-refractivity contribution in [3.8, 4) is 0 Å². The number of nitrogens with zero attached hydrogens (tertiary/aromatic N) is 1. The first-order valence-electron chi connectivity index (χ1n) is 6.17. The van der Waals surface area contributed by atoms with Crippen LogP contribution in [0.4, 0.5) is 4.39 Å². The molecule has 1 heterocycles. The van der Waals surface area contributed by atoms with Crippen LogP contribution >= 0.6 is 11.6 Å². The van der Waals surface area contributed by atoms with E-state index in [9.17, 15) is 9.50 Å². The molecule has 1 aromatic heterocycles. The van der Waals surface area contributed by atoms with Gasteiger partial charge in [0.2, 0.25) is 0 Å². The second kappa shape index (κ2) is 6.13. The Hall–Kier alpha value is -1.45. The van der Waals surface area contributed by atoms with Crippen LogP contribution in [0.1, 0.15) is 29.8 Å². The van der Waals surface area contributed by atoms with Gasteiger partial charge in [0.1, 0.15) is 11.9 Å². The summed E-state index contributed by atoms with van der Waals surface area (Å²) >= 11 is 5.96. The SMILES string of the molecule is CCc1cccnc1C(O)Cc1ccc(F)cc1Cl. The minimum Gasteiger partial charge on any atom is -0.386 e. The molecule has 0 aliphatic rings. The van der Waals surface area contributed by atoms with E-state index in [2.05, 4.69) is 4.98 Å². The van der Waals surface area contributed by atoms with E-state index in [-0.39, 0.29) is 5.82 Å². The molecule has 4 heteroatoms. The van der Waals surface area contributed by atoms with Gasteiger partial charge < -0.3 is 5.11 Å². The maximum atomic E-state index is 13.0. The molecule has 1 aromatic carbocycles. The van der Waals surface area contributed by atoms with Gasteiger partial charge in [-0.2, -0.15) is 0 Å². The fourth-order valence-corrected chi connectivity index (χ4v) is 2.29. The van der Waals surface area contributed by atoms with Gasteiger partial charge in [-0.15, -0.1) is 0 Å². The standard InChI is InChI=1S/C15H15ClFNO/c1-2-10-4-3-7-18-15(10)14(19)8-11-5-6-12(17)9-13(11)16/h3-7,9,14,19H,2,8H2,1H3. The summed E-state index contributed by atoms with van der Waals surface area (Å²) in [5.41, 5.74) is 2.38. The summed E-state index contributed by atoms with van der Waals surface area (Å²) < 4.78 is 13.0. The summed E-state index contributed by atoms with van der Waals surface area (Å²) in [5.74, 6) is -0.379. The Balaban J connectivity index is 2.23. The van der Waals surface area contributed by atoms with Crippen LogP contribution in [0.5, 0.6) is 0 Å². The molecule has 1 atom stereocenters. The van der Waals surface area contributed by atoms with E-state index in [1.807, 2.05) is 19.1 Å². The molecule has 100 valence electrons. The Labute approximate surface area is 116 Å². The van der Waals surface area contributed by atoms with Crippen LogP contribution in [0.15, 0.2) is 36.5 Å². The molecule has 19 heavy (non-hydrogen) atoms. The van der Waals surface area contributed by atoms with Crippen LogP contribution in [-0.2, 0) is 12.8 Å². The Morgan fingerprint density at radius 3 is 2.79 bits per heavy atom. The summed E-state index contributed by atoms with van der Waals surface area (Å²) in [6, 6.07) is 7.98. The molecule has 0 aliphatic carbocycles. The van der Waals surface area contributed by atoms with Gasteiger partial charge in [-0.05, 0) is 35.7 Å². The number of aryl methyl sites for hydroxylation is 1. The number of hydrogen-bond acceptors (Lipinski definition) is 2. The summed E-state index contributed by atoms with van der Waals surface area (Å²) in [5, 5.41) is 10.6. The fourth-order valence-electron chi connectivity index (χ4n) is 2.04. The van der Waals surface area contributed by atoms with Crippen molar-refractivity contribution >= 4 is 11.6 Å². The van der Waals surface area contributed by atoms with Crippen molar-refractivity contribution < 1.29 is 9.50 Å². The predicted molar refractivity (Wildman–Crippen MR) is 73.7 cm³/mol. The van der Waals surface area contributed by atoms with Gasteiger partial charge in [-0.3, -0.25) is 4.98 Å². The molecule has 0 amide bonds. The molecule has 1 unspecified atom stereocenters. The van der Waals surface area contributed by atoms with Crippen molar-refractivity contribution in [2.45, 2.75) is 25.9 Å². The molecule has 0 radical (unpaired) electrons. The van der Waals surface area contributed by atoms with Gasteiger partial charge in [-0.1, -0.05) is 30.7 Å². The van der Waals surface area contributed by atoms with E-state index in [4.69, 9.17) is 11.6 Å². The third-order valence-electron chi connectivity index (χ3n) is 3.05. The summed E-state index contributed by atoms with van der Waals surface area (Å²) in [4.78, 5) is 4.23. The second-order valence-corrected chi connectivity index (χ2v) is 4.76. The molecule has 0 spiro atoms. The number of aliphatic hydroxyl groups excluding tert-OH is 1. The highest BCUT2D eigenvalue weighted by Crippen LogP contribution is 2.25. The number of halogens is 2. The van der Waals surface area contributed by atoms with Crippen LogP contribution < -0.4 is 0 Å². The van der Waals surface area contributed by atoms with E-state index in [0.29, 0.717) is 22.7 Å². The van der Waals surface area contributed by atoms with Crippen molar-refractivity contribution in [3.63, 3.8) is 0 Å². The lowest BCUT2D eigenvalue weighted by atomic mass is 10.0. The third-order valence-corrected chi connectivity index (χ3v) is 3.40. The monoisotopic (exact) mass is 279 g/mol. The van der Waals surface area contributed by atoms with Gasteiger partial charge in [-0.25, -0.2) is 4.39 Å². The maximum absolute atomic E-state index is 13.0. The maximum Gasteiger partial charge on any atom is 0.124 e.